The van der Waals surface area contributed by atoms with Gasteiger partial charge < -0.3 is 15.3 Å². The summed E-state index contributed by atoms with van der Waals surface area (Å²) in [5, 5.41) is 11.1. The fourth-order valence-corrected chi connectivity index (χ4v) is 4.69. The van der Waals surface area contributed by atoms with E-state index in [2.05, 4.69) is 41.9 Å². The van der Waals surface area contributed by atoms with E-state index in [1.165, 1.54) is 0 Å². The second-order valence-electron chi connectivity index (χ2n) is 9.37. The first-order chi connectivity index (χ1) is 17.5. The maximum Gasteiger partial charge on any atom is 0.251 e. The minimum absolute atomic E-state index is 0.115. The fourth-order valence-electron chi connectivity index (χ4n) is 4.56. The second-order valence-corrected chi connectivity index (χ2v) is 9.64. The molecule has 0 aliphatic carbocycles. The molecule has 2 N–H and O–H groups in total. The van der Waals surface area contributed by atoms with Gasteiger partial charge in [0.05, 0.1) is 23.0 Å². The standard InChI is InChI=1S/C30H33ClN4O/c1-21(2)35-28-15-9-8-13-26(28)33-29(35)27(14-7-6-12-25(32)20-31)34-30(36)24-18-16-23(17-19-24)22-10-4-3-5-11-22/h3-5,8-11,13,15-19,21,27,32H,6-7,12,14,20H2,1-2H3,(H,34,36)/t27-/m0/s1. The summed E-state index contributed by atoms with van der Waals surface area (Å²) < 4.78 is 2.22. The molecule has 4 rings (SSSR count). The van der Waals surface area contributed by atoms with Crippen LogP contribution in [-0.4, -0.2) is 27.0 Å². The van der Waals surface area contributed by atoms with Crippen molar-refractivity contribution in [2.45, 2.75) is 51.6 Å². The van der Waals surface area contributed by atoms with Crippen LogP contribution >= 0.6 is 11.6 Å². The normalized spacial score (nSPS) is 12.1. The van der Waals surface area contributed by atoms with Crippen molar-refractivity contribution in [2.75, 3.05) is 5.88 Å². The lowest BCUT2D eigenvalue weighted by atomic mass is 10.0. The highest BCUT2D eigenvalue weighted by Crippen LogP contribution is 2.28. The molecule has 36 heavy (non-hydrogen) atoms. The van der Waals surface area contributed by atoms with E-state index in [-0.39, 0.29) is 23.9 Å². The lowest BCUT2D eigenvalue weighted by Gasteiger charge is -2.22. The molecule has 0 aliphatic rings. The Kier molecular flexibility index (Phi) is 8.55. The highest BCUT2D eigenvalue weighted by Gasteiger charge is 2.24. The Balaban J connectivity index is 1.58. The summed E-state index contributed by atoms with van der Waals surface area (Å²) in [6, 6.07) is 25.9. The van der Waals surface area contributed by atoms with Gasteiger partial charge in [-0.2, -0.15) is 0 Å². The molecule has 3 aromatic carbocycles. The monoisotopic (exact) mass is 500 g/mol. The summed E-state index contributed by atoms with van der Waals surface area (Å²) in [5.74, 6) is 1.02. The third kappa shape index (κ3) is 6.03. The summed E-state index contributed by atoms with van der Waals surface area (Å²) in [4.78, 5) is 18.3. The van der Waals surface area contributed by atoms with E-state index in [0.29, 0.717) is 17.7 Å². The molecule has 0 bridgehead atoms. The number of unbranched alkanes of at least 4 members (excludes halogenated alkanes) is 1. The van der Waals surface area contributed by atoms with Gasteiger partial charge in [0.15, 0.2) is 0 Å². The van der Waals surface area contributed by atoms with Gasteiger partial charge >= 0.3 is 0 Å². The quantitative estimate of drug-likeness (QED) is 0.126. The van der Waals surface area contributed by atoms with Crippen LogP contribution in [0.25, 0.3) is 22.2 Å². The Hall–Kier alpha value is -3.44. The number of halogens is 1. The second kappa shape index (κ2) is 12.0. The van der Waals surface area contributed by atoms with Crippen molar-refractivity contribution in [2.24, 2.45) is 0 Å². The predicted molar refractivity (Wildman–Crippen MR) is 149 cm³/mol. The van der Waals surface area contributed by atoms with Gasteiger partial charge in [0.2, 0.25) is 0 Å². The van der Waals surface area contributed by atoms with Crippen LogP contribution in [0.5, 0.6) is 0 Å². The number of nitrogens with zero attached hydrogens (tertiary/aromatic N) is 2. The van der Waals surface area contributed by atoms with E-state index >= 15 is 0 Å². The van der Waals surface area contributed by atoms with Crippen molar-refractivity contribution in [3.63, 3.8) is 0 Å². The van der Waals surface area contributed by atoms with Crippen LogP contribution in [0.1, 0.15) is 67.8 Å². The molecule has 0 unspecified atom stereocenters. The SMILES string of the molecule is CC(C)n1c([C@H](CCCCC(=N)CCl)NC(=O)c2ccc(-c3ccccc3)cc2)nc2ccccc21. The number of hydrogen-bond acceptors (Lipinski definition) is 3. The van der Waals surface area contributed by atoms with Crippen LogP contribution in [0.3, 0.4) is 0 Å². The predicted octanol–water partition coefficient (Wildman–Crippen LogP) is 7.57. The molecule has 1 atom stereocenters. The summed E-state index contributed by atoms with van der Waals surface area (Å²) in [6.45, 7) is 4.28. The Morgan fingerprint density at radius 1 is 0.944 bits per heavy atom. The van der Waals surface area contributed by atoms with Gasteiger partial charge in [0.1, 0.15) is 5.82 Å². The number of benzene rings is 3. The lowest BCUT2D eigenvalue weighted by molar-refractivity contribution is 0.0931. The molecule has 1 amide bonds. The van der Waals surface area contributed by atoms with Crippen LogP contribution in [-0.2, 0) is 0 Å². The zero-order valence-corrected chi connectivity index (χ0v) is 21.6. The molecule has 5 nitrogen and oxygen atoms in total. The maximum absolute atomic E-state index is 13.4. The minimum Gasteiger partial charge on any atom is -0.342 e. The molecule has 0 aliphatic heterocycles. The third-order valence-corrected chi connectivity index (χ3v) is 6.72. The van der Waals surface area contributed by atoms with Gasteiger partial charge in [-0.05, 0) is 68.5 Å². The van der Waals surface area contributed by atoms with Gasteiger partial charge in [0.25, 0.3) is 5.91 Å². The molecule has 0 fully saturated rings. The first-order valence-electron chi connectivity index (χ1n) is 12.5. The van der Waals surface area contributed by atoms with Crippen molar-refractivity contribution in [1.29, 1.82) is 5.41 Å². The van der Waals surface area contributed by atoms with E-state index in [9.17, 15) is 4.79 Å². The largest absolute Gasteiger partial charge is 0.342 e. The van der Waals surface area contributed by atoms with Crippen molar-refractivity contribution in [1.82, 2.24) is 14.9 Å². The maximum atomic E-state index is 13.4. The van der Waals surface area contributed by atoms with Crippen LogP contribution in [0.2, 0.25) is 0 Å². The number of nitrogens with one attached hydrogen (secondary N) is 2. The number of rotatable bonds is 11. The van der Waals surface area contributed by atoms with E-state index in [4.69, 9.17) is 22.0 Å². The van der Waals surface area contributed by atoms with Gasteiger partial charge in [-0.3, -0.25) is 4.79 Å². The Labute approximate surface area is 218 Å². The molecule has 0 radical (unpaired) electrons. The Bertz CT molecular complexity index is 1310. The topological polar surface area (TPSA) is 70.8 Å². The van der Waals surface area contributed by atoms with Crippen molar-refractivity contribution in [3.8, 4) is 11.1 Å². The molecule has 6 heteroatoms. The first-order valence-corrected chi connectivity index (χ1v) is 13.1. The molecule has 1 heterocycles. The van der Waals surface area contributed by atoms with Gasteiger partial charge in [-0.1, -0.05) is 61.0 Å². The zero-order valence-electron chi connectivity index (χ0n) is 20.9. The number of aromatic nitrogens is 2. The number of carbonyl (C=O) groups is 1. The molecule has 0 saturated carbocycles. The summed E-state index contributed by atoms with van der Waals surface area (Å²) in [6.07, 6.45) is 3.12. The number of fused-ring (bicyclic) bond motifs is 1. The van der Waals surface area contributed by atoms with Crippen LogP contribution in [0.4, 0.5) is 0 Å². The number of amides is 1. The van der Waals surface area contributed by atoms with E-state index in [1.807, 2.05) is 60.7 Å². The lowest BCUT2D eigenvalue weighted by Crippen LogP contribution is -2.31. The fraction of sp³-hybridized carbons (Fsp3) is 0.300. The van der Waals surface area contributed by atoms with E-state index in [0.717, 1.165) is 47.2 Å². The van der Waals surface area contributed by atoms with E-state index in [1.54, 1.807) is 0 Å². The molecular weight excluding hydrogens is 468 g/mol. The third-order valence-electron chi connectivity index (χ3n) is 6.39. The van der Waals surface area contributed by atoms with Gasteiger partial charge in [0, 0.05) is 17.3 Å². The first kappa shape index (κ1) is 25.6. The van der Waals surface area contributed by atoms with E-state index < -0.39 is 0 Å². The summed E-state index contributed by atoms with van der Waals surface area (Å²) >= 11 is 5.78. The average Bonchev–Trinajstić information content (AvgIpc) is 3.30. The number of carbonyl (C=O) groups excluding carboxylic acids is 1. The molecule has 0 saturated heterocycles. The molecular formula is C30H33ClN4O. The minimum atomic E-state index is -0.244. The van der Waals surface area contributed by atoms with Crippen LogP contribution < -0.4 is 5.32 Å². The smallest absolute Gasteiger partial charge is 0.251 e. The number of alkyl halides is 1. The molecule has 4 aromatic rings. The number of hydrogen-bond donors (Lipinski definition) is 2. The van der Waals surface area contributed by atoms with Crippen molar-refractivity contribution in [3.05, 3.63) is 90.3 Å². The van der Waals surface area contributed by atoms with Gasteiger partial charge in [-0.25, -0.2) is 4.98 Å². The van der Waals surface area contributed by atoms with Crippen LogP contribution in [0.15, 0.2) is 78.9 Å². The Morgan fingerprint density at radius 3 is 2.31 bits per heavy atom. The van der Waals surface area contributed by atoms with Gasteiger partial charge in [-0.15, -0.1) is 11.6 Å². The highest BCUT2D eigenvalue weighted by molar-refractivity contribution is 6.28. The summed E-state index contributed by atoms with van der Waals surface area (Å²) in [5.41, 5.74) is 5.36. The number of para-hydroxylation sites is 2. The molecule has 1 aromatic heterocycles. The highest BCUT2D eigenvalue weighted by atomic mass is 35.5. The molecule has 0 spiro atoms. The number of imidazole rings is 1. The Morgan fingerprint density at radius 2 is 1.61 bits per heavy atom. The zero-order chi connectivity index (χ0) is 25.5. The summed E-state index contributed by atoms with van der Waals surface area (Å²) in [7, 11) is 0. The van der Waals surface area contributed by atoms with Crippen LogP contribution in [0, 0.1) is 5.41 Å². The van der Waals surface area contributed by atoms with Crippen molar-refractivity contribution < 1.29 is 4.79 Å². The van der Waals surface area contributed by atoms with Crippen molar-refractivity contribution >= 4 is 34.3 Å². The molecule has 186 valence electrons. The average molecular weight is 501 g/mol.